The maximum Gasteiger partial charge on any atom is 0.375 e. The fourth-order valence-corrected chi connectivity index (χ4v) is 3.99. The number of allylic oxidation sites excluding steroid dienone is 2. The van der Waals surface area contributed by atoms with E-state index in [4.69, 9.17) is 4.74 Å². The summed E-state index contributed by atoms with van der Waals surface area (Å²) < 4.78 is 5.20. The molecule has 1 fully saturated rings. The lowest BCUT2D eigenvalue weighted by Crippen LogP contribution is -2.43. The van der Waals surface area contributed by atoms with Crippen LogP contribution in [-0.4, -0.2) is 49.7 Å². The van der Waals surface area contributed by atoms with Crippen molar-refractivity contribution >= 4 is 17.7 Å². The Bertz CT molecular complexity index is 729. The molecule has 2 aliphatic rings. The van der Waals surface area contributed by atoms with E-state index in [2.05, 4.69) is 5.32 Å². The number of esters is 1. The van der Waals surface area contributed by atoms with Crippen LogP contribution >= 0.6 is 0 Å². The first kappa shape index (κ1) is 19.3. The molecule has 6 nitrogen and oxygen atoms in total. The number of hydrogen-bond acceptors (Lipinski definition) is 5. The number of carbonyl (C=O) groups excluding carboxylic acids is 3. The van der Waals surface area contributed by atoms with Gasteiger partial charge in [-0.25, -0.2) is 4.79 Å². The third kappa shape index (κ3) is 4.45. The summed E-state index contributed by atoms with van der Waals surface area (Å²) in [5.74, 6) is -2.74. The van der Waals surface area contributed by atoms with Crippen LogP contribution in [0, 0.1) is 23.7 Å². The van der Waals surface area contributed by atoms with Gasteiger partial charge in [0.05, 0.1) is 5.92 Å². The Morgan fingerprint density at radius 3 is 2.41 bits per heavy atom. The second-order valence-electron chi connectivity index (χ2n) is 7.52. The highest BCUT2D eigenvalue weighted by molar-refractivity contribution is 6.35. The Labute approximate surface area is 159 Å². The molecule has 0 radical (unpaired) electrons. The van der Waals surface area contributed by atoms with Crippen LogP contribution in [0.4, 0.5) is 0 Å². The van der Waals surface area contributed by atoms with Gasteiger partial charge in [-0.1, -0.05) is 42.5 Å². The maximum absolute atomic E-state index is 12.8. The van der Waals surface area contributed by atoms with Crippen LogP contribution in [0.3, 0.4) is 0 Å². The van der Waals surface area contributed by atoms with E-state index in [-0.39, 0.29) is 24.3 Å². The van der Waals surface area contributed by atoms with E-state index >= 15 is 0 Å². The maximum atomic E-state index is 12.8. The van der Waals surface area contributed by atoms with Crippen molar-refractivity contribution < 1.29 is 19.1 Å². The second-order valence-corrected chi connectivity index (χ2v) is 7.52. The van der Waals surface area contributed by atoms with Crippen LogP contribution in [-0.2, 0) is 25.7 Å². The SMILES string of the molecule is CN(C)CCNC(=O)C1C2C=CC(C2)C1C(=O)C(=O)OCc1ccccc1. The standard InChI is InChI=1S/C21H26N2O4/c1-23(2)11-10-22-20(25)18-16-9-8-15(12-16)17(18)19(24)21(26)27-13-14-6-4-3-5-7-14/h3-9,15-18H,10-13H2,1-2H3,(H,22,25). The topological polar surface area (TPSA) is 75.7 Å². The molecular formula is C21H26N2O4. The molecule has 0 saturated heterocycles. The van der Waals surface area contributed by atoms with Gasteiger partial charge in [-0.15, -0.1) is 0 Å². The van der Waals surface area contributed by atoms with Gasteiger partial charge in [-0.05, 0) is 37.9 Å². The molecule has 1 saturated carbocycles. The summed E-state index contributed by atoms with van der Waals surface area (Å²) in [6.07, 6.45) is 4.70. The highest BCUT2D eigenvalue weighted by atomic mass is 16.5. The summed E-state index contributed by atoms with van der Waals surface area (Å²) in [6, 6.07) is 9.23. The molecule has 0 spiro atoms. The minimum Gasteiger partial charge on any atom is -0.455 e. The summed E-state index contributed by atoms with van der Waals surface area (Å²) in [7, 11) is 3.86. The lowest BCUT2D eigenvalue weighted by molar-refractivity contribution is -0.158. The molecule has 1 N–H and O–H groups in total. The Hall–Kier alpha value is -2.47. The minimum absolute atomic E-state index is 0.0187. The minimum atomic E-state index is -0.851. The van der Waals surface area contributed by atoms with Crippen LogP contribution in [0.5, 0.6) is 0 Å². The number of likely N-dealkylation sites (N-methyl/N-ethyl adjacent to an activating group) is 1. The Morgan fingerprint density at radius 2 is 1.74 bits per heavy atom. The monoisotopic (exact) mass is 370 g/mol. The van der Waals surface area contributed by atoms with E-state index in [1.54, 1.807) is 0 Å². The number of amides is 1. The first-order valence-corrected chi connectivity index (χ1v) is 9.33. The number of ketones is 1. The number of rotatable bonds is 8. The predicted octanol–water partition coefficient (Wildman–Crippen LogP) is 1.42. The molecule has 2 bridgehead atoms. The number of fused-ring (bicyclic) bond motifs is 2. The zero-order valence-corrected chi connectivity index (χ0v) is 15.8. The number of carbonyl (C=O) groups is 3. The van der Waals surface area contributed by atoms with E-state index in [0.717, 1.165) is 18.5 Å². The third-order valence-electron chi connectivity index (χ3n) is 5.34. The molecule has 0 aromatic heterocycles. The number of ether oxygens (including phenoxy) is 1. The van der Waals surface area contributed by atoms with Crippen LogP contribution in [0.25, 0.3) is 0 Å². The van der Waals surface area contributed by atoms with Gasteiger partial charge in [-0.2, -0.15) is 0 Å². The average molecular weight is 370 g/mol. The normalized spacial score (nSPS) is 25.6. The zero-order valence-electron chi connectivity index (χ0n) is 15.8. The molecule has 6 heteroatoms. The molecule has 1 amide bonds. The molecule has 27 heavy (non-hydrogen) atoms. The summed E-state index contributed by atoms with van der Waals surface area (Å²) in [6.45, 7) is 1.30. The smallest absolute Gasteiger partial charge is 0.375 e. The number of nitrogens with one attached hydrogen (secondary N) is 1. The lowest BCUT2D eigenvalue weighted by atomic mass is 9.79. The van der Waals surface area contributed by atoms with E-state index < -0.39 is 23.6 Å². The highest BCUT2D eigenvalue weighted by Gasteiger charge is 2.53. The Morgan fingerprint density at radius 1 is 1.07 bits per heavy atom. The van der Waals surface area contributed by atoms with E-state index in [9.17, 15) is 14.4 Å². The van der Waals surface area contributed by atoms with Crippen LogP contribution < -0.4 is 5.32 Å². The van der Waals surface area contributed by atoms with Gasteiger partial charge < -0.3 is 15.0 Å². The first-order valence-electron chi connectivity index (χ1n) is 9.33. The van der Waals surface area contributed by atoms with Crippen molar-refractivity contribution in [3.8, 4) is 0 Å². The molecule has 3 rings (SSSR count). The predicted molar refractivity (Wildman–Crippen MR) is 101 cm³/mol. The van der Waals surface area contributed by atoms with Crippen LogP contribution in [0.2, 0.25) is 0 Å². The number of hydrogen-bond donors (Lipinski definition) is 1. The molecule has 4 atom stereocenters. The van der Waals surface area contributed by atoms with Gasteiger partial charge in [0.2, 0.25) is 11.7 Å². The van der Waals surface area contributed by atoms with Crippen molar-refractivity contribution in [2.45, 2.75) is 13.0 Å². The van der Waals surface area contributed by atoms with Crippen molar-refractivity contribution in [1.82, 2.24) is 10.2 Å². The van der Waals surface area contributed by atoms with Crippen molar-refractivity contribution in [3.63, 3.8) is 0 Å². The second kappa shape index (κ2) is 8.48. The summed E-state index contributed by atoms with van der Waals surface area (Å²) in [5, 5.41) is 2.90. The number of Topliss-reactive ketones (excluding diaryl/α,β-unsaturated/α-hetero) is 1. The zero-order chi connectivity index (χ0) is 19.4. The molecule has 4 unspecified atom stereocenters. The quantitative estimate of drug-likeness (QED) is 0.425. The van der Waals surface area contributed by atoms with Gasteiger partial charge in [-0.3, -0.25) is 9.59 Å². The average Bonchev–Trinajstić information content (AvgIpc) is 3.27. The lowest BCUT2D eigenvalue weighted by Gasteiger charge is -2.25. The van der Waals surface area contributed by atoms with Gasteiger partial charge in [0.1, 0.15) is 6.61 Å². The Kier molecular flexibility index (Phi) is 6.06. The van der Waals surface area contributed by atoms with Crippen LogP contribution in [0.1, 0.15) is 12.0 Å². The van der Waals surface area contributed by atoms with Crippen molar-refractivity contribution in [2.75, 3.05) is 27.2 Å². The number of nitrogens with zero attached hydrogens (tertiary/aromatic N) is 1. The van der Waals surface area contributed by atoms with Crippen molar-refractivity contribution in [1.29, 1.82) is 0 Å². The van der Waals surface area contributed by atoms with Crippen molar-refractivity contribution in [2.24, 2.45) is 23.7 Å². The van der Waals surface area contributed by atoms with Gasteiger partial charge in [0.15, 0.2) is 0 Å². The van der Waals surface area contributed by atoms with E-state index in [1.807, 2.05) is 61.5 Å². The molecule has 0 aliphatic heterocycles. The third-order valence-corrected chi connectivity index (χ3v) is 5.34. The van der Waals surface area contributed by atoms with Crippen molar-refractivity contribution in [3.05, 3.63) is 48.0 Å². The van der Waals surface area contributed by atoms with Gasteiger partial charge in [0, 0.05) is 19.0 Å². The molecular weight excluding hydrogens is 344 g/mol. The summed E-state index contributed by atoms with van der Waals surface area (Å²) in [4.78, 5) is 39.7. The fraction of sp³-hybridized carbons (Fsp3) is 0.476. The largest absolute Gasteiger partial charge is 0.455 e. The molecule has 144 valence electrons. The van der Waals surface area contributed by atoms with Gasteiger partial charge in [0.25, 0.3) is 0 Å². The first-order chi connectivity index (χ1) is 13.0. The molecule has 1 aromatic carbocycles. The van der Waals surface area contributed by atoms with E-state index in [1.165, 1.54) is 0 Å². The molecule has 2 aliphatic carbocycles. The molecule has 1 aromatic rings. The van der Waals surface area contributed by atoms with Crippen LogP contribution in [0.15, 0.2) is 42.5 Å². The molecule has 0 heterocycles. The summed E-state index contributed by atoms with van der Waals surface area (Å²) >= 11 is 0. The highest BCUT2D eigenvalue weighted by Crippen LogP contribution is 2.48. The number of benzene rings is 1. The fourth-order valence-electron chi connectivity index (χ4n) is 3.99. The Balaban J connectivity index is 1.62. The van der Waals surface area contributed by atoms with E-state index in [0.29, 0.717) is 6.54 Å². The van der Waals surface area contributed by atoms with Gasteiger partial charge >= 0.3 is 5.97 Å². The summed E-state index contributed by atoms with van der Waals surface area (Å²) in [5.41, 5.74) is 0.824.